The van der Waals surface area contributed by atoms with E-state index < -0.39 is 6.10 Å². The molecular weight excluding hydrogens is 388 g/mol. The lowest BCUT2D eigenvalue weighted by Gasteiger charge is -2.15. The van der Waals surface area contributed by atoms with Gasteiger partial charge in [-0.1, -0.05) is 28.1 Å². The molecule has 106 valence electrons. The Balaban J connectivity index is 2.35. The van der Waals surface area contributed by atoms with Crippen LogP contribution in [0.25, 0.3) is 0 Å². The summed E-state index contributed by atoms with van der Waals surface area (Å²) in [7, 11) is 3.22. The zero-order chi connectivity index (χ0) is 14.7. The summed E-state index contributed by atoms with van der Waals surface area (Å²) in [6, 6.07) is 11.0. The highest BCUT2D eigenvalue weighted by atomic mass is 79.9. The average molecular weight is 402 g/mol. The second-order valence-corrected chi connectivity index (χ2v) is 5.89. The Bertz CT molecular complexity index is 614. The molecule has 1 unspecified atom stereocenters. The molecule has 0 aliphatic rings. The Kier molecular flexibility index (Phi) is 5.07. The molecule has 2 aromatic carbocycles. The van der Waals surface area contributed by atoms with Crippen molar-refractivity contribution in [1.29, 1.82) is 0 Å². The van der Waals surface area contributed by atoms with Crippen molar-refractivity contribution in [1.82, 2.24) is 0 Å². The highest BCUT2D eigenvalue weighted by molar-refractivity contribution is 9.10. The van der Waals surface area contributed by atoms with Crippen LogP contribution in [-0.4, -0.2) is 19.3 Å². The van der Waals surface area contributed by atoms with Crippen LogP contribution in [-0.2, 0) is 0 Å². The SMILES string of the molecule is COc1ccc(C(O)c2ccc(OC)c(Br)c2)c(Br)c1. The van der Waals surface area contributed by atoms with Gasteiger partial charge in [-0.3, -0.25) is 0 Å². The Morgan fingerprint density at radius 2 is 1.70 bits per heavy atom. The largest absolute Gasteiger partial charge is 0.497 e. The Morgan fingerprint density at radius 1 is 0.950 bits per heavy atom. The molecule has 0 radical (unpaired) electrons. The normalized spacial score (nSPS) is 12.1. The molecule has 0 saturated carbocycles. The van der Waals surface area contributed by atoms with E-state index in [1.165, 1.54) is 0 Å². The van der Waals surface area contributed by atoms with Crippen LogP contribution >= 0.6 is 31.9 Å². The summed E-state index contributed by atoms with van der Waals surface area (Å²) in [4.78, 5) is 0. The number of hydrogen-bond acceptors (Lipinski definition) is 3. The lowest BCUT2D eigenvalue weighted by atomic mass is 10.0. The van der Waals surface area contributed by atoms with Crippen molar-refractivity contribution in [2.75, 3.05) is 14.2 Å². The molecular formula is C15H14Br2O3. The van der Waals surface area contributed by atoms with Gasteiger partial charge >= 0.3 is 0 Å². The zero-order valence-corrected chi connectivity index (χ0v) is 14.2. The van der Waals surface area contributed by atoms with Gasteiger partial charge in [0.05, 0.1) is 18.7 Å². The van der Waals surface area contributed by atoms with Gasteiger partial charge in [0.15, 0.2) is 0 Å². The molecule has 0 bridgehead atoms. The van der Waals surface area contributed by atoms with Crippen molar-refractivity contribution >= 4 is 31.9 Å². The molecule has 2 aromatic rings. The molecule has 0 aliphatic heterocycles. The van der Waals surface area contributed by atoms with Crippen LogP contribution in [0.1, 0.15) is 17.2 Å². The van der Waals surface area contributed by atoms with Crippen LogP contribution in [0.2, 0.25) is 0 Å². The average Bonchev–Trinajstić information content (AvgIpc) is 2.46. The summed E-state index contributed by atoms with van der Waals surface area (Å²) in [5.74, 6) is 1.47. The molecule has 0 spiro atoms. The van der Waals surface area contributed by atoms with Gasteiger partial charge in [-0.05, 0) is 51.3 Å². The standard InChI is InChI=1S/C15H14Br2O3/c1-19-10-4-5-11(12(16)8-10)15(18)9-3-6-14(20-2)13(17)7-9/h3-8,15,18H,1-2H3. The molecule has 0 fully saturated rings. The maximum absolute atomic E-state index is 10.5. The third kappa shape index (κ3) is 3.16. The first-order valence-corrected chi connectivity index (χ1v) is 7.50. The number of aliphatic hydroxyl groups is 1. The Morgan fingerprint density at radius 3 is 2.25 bits per heavy atom. The van der Waals surface area contributed by atoms with E-state index in [4.69, 9.17) is 9.47 Å². The summed E-state index contributed by atoms with van der Waals surface area (Å²) >= 11 is 6.88. The Labute approximate surface area is 134 Å². The number of rotatable bonds is 4. The van der Waals surface area contributed by atoms with Gasteiger partial charge < -0.3 is 14.6 Å². The lowest BCUT2D eigenvalue weighted by molar-refractivity contribution is 0.219. The van der Waals surface area contributed by atoms with E-state index in [0.717, 1.165) is 31.6 Å². The van der Waals surface area contributed by atoms with Crippen molar-refractivity contribution in [2.24, 2.45) is 0 Å². The first-order chi connectivity index (χ1) is 9.56. The molecule has 0 aromatic heterocycles. The van der Waals surface area contributed by atoms with Crippen molar-refractivity contribution in [2.45, 2.75) is 6.10 Å². The third-order valence-corrected chi connectivity index (χ3v) is 4.30. The van der Waals surface area contributed by atoms with Crippen molar-refractivity contribution in [3.05, 3.63) is 56.5 Å². The van der Waals surface area contributed by atoms with Gasteiger partial charge in [-0.15, -0.1) is 0 Å². The number of hydrogen-bond donors (Lipinski definition) is 1. The zero-order valence-electron chi connectivity index (χ0n) is 11.1. The van der Waals surface area contributed by atoms with E-state index in [0.29, 0.717) is 0 Å². The van der Waals surface area contributed by atoms with Crippen molar-refractivity contribution in [3.63, 3.8) is 0 Å². The highest BCUT2D eigenvalue weighted by Gasteiger charge is 2.15. The smallest absolute Gasteiger partial charge is 0.133 e. The molecule has 0 saturated heterocycles. The van der Waals surface area contributed by atoms with E-state index in [2.05, 4.69) is 31.9 Å². The van der Waals surface area contributed by atoms with Crippen LogP contribution in [0.5, 0.6) is 11.5 Å². The minimum atomic E-state index is -0.725. The van der Waals surface area contributed by atoms with Crippen LogP contribution in [0.15, 0.2) is 45.3 Å². The number of ether oxygens (including phenoxy) is 2. The fraction of sp³-hybridized carbons (Fsp3) is 0.200. The molecule has 1 N–H and O–H groups in total. The van der Waals surface area contributed by atoms with Crippen LogP contribution < -0.4 is 9.47 Å². The van der Waals surface area contributed by atoms with Gasteiger partial charge in [0.25, 0.3) is 0 Å². The molecule has 0 heterocycles. The second-order valence-electron chi connectivity index (χ2n) is 4.18. The number of benzene rings is 2. The van der Waals surface area contributed by atoms with Crippen LogP contribution in [0.4, 0.5) is 0 Å². The minimum Gasteiger partial charge on any atom is -0.497 e. The molecule has 20 heavy (non-hydrogen) atoms. The van der Waals surface area contributed by atoms with Gasteiger partial charge in [0, 0.05) is 4.47 Å². The van der Waals surface area contributed by atoms with E-state index in [1.54, 1.807) is 14.2 Å². The predicted molar refractivity (Wildman–Crippen MR) is 85.4 cm³/mol. The summed E-state index contributed by atoms with van der Waals surface area (Å²) in [6.07, 6.45) is -0.725. The molecule has 3 nitrogen and oxygen atoms in total. The molecule has 5 heteroatoms. The third-order valence-electron chi connectivity index (χ3n) is 2.99. The topological polar surface area (TPSA) is 38.7 Å². The van der Waals surface area contributed by atoms with E-state index >= 15 is 0 Å². The molecule has 0 aliphatic carbocycles. The van der Waals surface area contributed by atoms with Crippen LogP contribution in [0, 0.1) is 0 Å². The quantitative estimate of drug-likeness (QED) is 0.829. The van der Waals surface area contributed by atoms with Gasteiger partial charge in [0.2, 0.25) is 0 Å². The summed E-state index contributed by atoms with van der Waals surface area (Å²) in [6.45, 7) is 0. The Hall–Kier alpha value is -1.04. The first-order valence-electron chi connectivity index (χ1n) is 5.91. The van der Waals surface area contributed by atoms with Crippen molar-refractivity contribution in [3.8, 4) is 11.5 Å². The van der Waals surface area contributed by atoms with E-state index in [1.807, 2.05) is 36.4 Å². The van der Waals surface area contributed by atoms with Gasteiger partial charge in [-0.25, -0.2) is 0 Å². The maximum atomic E-state index is 10.5. The van der Waals surface area contributed by atoms with Gasteiger partial charge in [0.1, 0.15) is 17.6 Å². The maximum Gasteiger partial charge on any atom is 0.133 e. The highest BCUT2D eigenvalue weighted by Crippen LogP contribution is 2.34. The summed E-state index contributed by atoms with van der Waals surface area (Å²) in [5, 5.41) is 10.5. The van der Waals surface area contributed by atoms with E-state index in [9.17, 15) is 5.11 Å². The predicted octanol–water partition coefficient (Wildman–Crippen LogP) is 4.31. The van der Waals surface area contributed by atoms with E-state index in [-0.39, 0.29) is 0 Å². The summed E-state index contributed by atoms with van der Waals surface area (Å²) in [5.41, 5.74) is 1.56. The summed E-state index contributed by atoms with van der Waals surface area (Å²) < 4.78 is 11.9. The van der Waals surface area contributed by atoms with Crippen molar-refractivity contribution < 1.29 is 14.6 Å². The monoisotopic (exact) mass is 400 g/mol. The molecule has 2 rings (SSSR count). The first kappa shape index (κ1) is 15.4. The number of methoxy groups -OCH3 is 2. The second kappa shape index (κ2) is 6.61. The van der Waals surface area contributed by atoms with Crippen LogP contribution in [0.3, 0.4) is 0 Å². The fourth-order valence-electron chi connectivity index (χ4n) is 1.89. The number of aliphatic hydroxyl groups excluding tert-OH is 1. The molecule has 1 atom stereocenters. The minimum absolute atomic E-state index is 0.725. The fourth-order valence-corrected chi connectivity index (χ4v) is 3.02. The number of halogens is 2. The molecule has 0 amide bonds. The lowest BCUT2D eigenvalue weighted by Crippen LogP contribution is -2.01. The van der Waals surface area contributed by atoms with Gasteiger partial charge in [-0.2, -0.15) is 0 Å².